The monoisotopic (exact) mass is 244 g/mol. The molecule has 0 amide bonds. The molecule has 2 N–H and O–H groups in total. The molecule has 0 fully saturated rings. The number of benzene rings is 1. The fourth-order valence-corrected chi connectivity index (χ4v) is 2.31. The van der Waals surface area contributed by atoms with Gasteiger partial charge in [0.15, 0.2) is 5.82 Å². The molecule has 0 saturated carbocycles. The third-order valence-electron chi connectivity index (χ3n) is 2.42. The summed E-state index contributed by atoms with van der Waals surface area (Å²) >= 11 is 1.26. The van der Waals surface area contributed by atoms with Crippen LogP contribution >= 0.6 is 11.5 Å². The molecule has 0 unspecified atom stereocenters. The van der Waals surface area contributed by atoms with E-state index >= 15 is 0 Å². The Hall–Kier alpha value is -2.06. The average Bonchev–Trinajstić information content (AvgIpc) is 2.71. The van der Waals surface area contributed by atoms with E-state index in [0.29, 0.717) is 11.4 Å². The Morgan fingerprint density at radius 3 is 2.76 bits per heavy atom. The lowest BCUT2D eigenvalue weighted by molar-refractivity contribution is 0.933. The maximum Gasteiger partial charge on any atom is 0.157 e. The molecule has 1 aromatic carbocycles. The van der Waals surface area contributed by atoms with Crippen LogP contribution in [0.25, 0.3) is 0 Å². The van der Waals surface area contributed by atoms with E-state index in [4.69, 9.17) is 11.0 Å². The highest BCUT2D eigenvalue weighted by molar-refractivity contribution is 7.10. The van der Waals surface area contributed by atoms with E-state index in [9.17, 15) is 0 Å². The van der Waals surface area contributed by atoms with Crippen LogP contribution in [0.2, 0.25) is 0 Å². The molecule has 4 nitrogen and oxygen atoms in total. The molecule has 1 aromatic heterocycles. The first-order valence-electron chi connectivity index (χ1n) is 5.12. The number of rotatable bonds is 3. The lowest BCUT2D eigenvalue weighted by Crippen LogP contribution is -2.16. The summed E-state index contributed by atoms with van der Waals surface area (Å²) in [5, 5.41) is 9.83. The molecule has 0 bridgehead atoms. The summed E-state index contributed by atoms with van der Waals surface area (Å²) in [5.74, 6) is 0.312. The Bertz CT molecular complexity index is 541. The minimum atomic E-state index is 0.312. The first-order valence-corrected chi connectivity index (χ1v) is 5.90. The van der Waals surface area contributed by atoms with Crippen molar-refractivity contribution >= 4 is 22.4 Å². The molecule has 2 rings (SSSR count). The van der Waals surface area contributed by atoms with E-state index < -0.39 is 0 Å². The zero-order valence-corrected chi connectivity index (χ0v) is 10.2. The van der Waals surface area contributed by atoms with Crippen molar-refractivity contribution in [3.05, 3.63) is 41.5 Å². The normalized spacial score (nSPS) is 9.88. The molecule has 0 saturated heterocycles. The van der Waals surface area contributed by atoms with Crippen molar-refractivity contribution in [1.82, 2.24) is 4.37 Å². The predicted octanol–water partition coefficient (Wildman–Crippen LogP) is 2.23. The van der Waals surface area contributed by atoms with E-state index in [-0.39, 0.29) is 0 Å². The molecular formula is C12H12N4S. The van der Waals surface area contributed by atoms with Gasteiger partial charge in [-0.15, -0.1) is 0 Å². The predicted molar refractivity (Wildman–Crippen MR) is 69.8 cm³/mol. The van der Waals surface area contributed by atoms with Gasteiger partial charge >= 0.3 is 0 Å². The van der Waals surface area contributed by atoms with Crippen LogP contribution in [0.5, 0.6) is 0 Å². The number of nitriles is 1. The van der Waals surface area contributed by atoms with Gasteiger partial charge in [-0.1, -0.05) is 30.3 Å². The van der Waals surface area contributed by atoms with Crippen LogP contribution in [0, 0.1) is 11.3 Å². The number of hydrogen-bond donors (Lipinski definition) is 1. The summed E-state index contributed by atoms with van der Waals surface area (Å²) in [6.45, 7) is 0.733. The summed E-state index contributed by atoms with van der Waals surface area (Å²) in [4.78, 5) is 1.99. The highest BCUT2D eigenvalue weighted by atomic mass is 32.1. The van der Waals surface area contributed by atoms with E-state index in [1.54, 1.807) is 0 Å². The number of aromatic nitrogens is 1. The fraction of sp³-hybridized carbons (Fsp3) is 0.167. The second kappa shape index (κ2) is 4.85. The standard InChI is InChI=1S/C12H12N4S/c1-16(8-9-5-3-2-4-6-9)12-10(7-13)11(14)15-17-12/h2-6H,8H2,1H3,(H2,14,15). The van der Waals surface area contributed by atoms with Gasteiger partial charge < -0.3 is 10.6 Å². The van der Waals surface area contributed by atoms with Crippen molar-refractivity contribution in [3.63, 3.8) is 0 Å². The van der Waals surface area contributed by atoms with Crippen molar-refractivity contribution in [3.8, 4) is 6.07 Å². The molecule has 2 aromatic rings. The van der Waals surface area contributed by atoms with Crippen molar-refractivity contribution in [2.45, 2.75) is 6.54 Å². The Kier molecular flexibility index (Phi) is 3.26. The second-order valence-electron chi connectivity index (χ2n) is 3.70. The third-order valence-corrected chi connectivity index (χ3v) is 3.40. The summed E-state index contributed by atoms with van der Waals surface area (Å²) < 4.78 is 4.01. The van der Waals surface area contributed by atoms with Crippen LogP contribution < -0.4 is 10.6 Å². The Morgan fingerprint density at radius 2 is 2.12 bits per heavy atom. The van der Waals surface area contributed by atoms with Gasteiger partial charge in [0, 0.05) is 13.6 Å². The van der Waals surface area contributed by atoms with Crippen LogP contribution in [-0.4, -0.2) is 11.4 Å². The molecule has 0 radical (unpaired) electrons. The number of anilines is 2. The number of nitrogen functional groups attached to an aromatic ring is 1. The average molecular weight is 244 g/mol. The van der Waals surface area contributed by atoms with Crippen molar-refractivity contribution in [2.75, 3.05) is 17.7 Å². The van der Waals surface area contributed by atoms with Gasteiger partial charge in [0.05, 0.1) is 0 Å². The second-order valence-corrected chi connectivity index (χ2v) is 4.45. The molecule has 17 heavy (non-hydrogen) atoms. The lowest BCUT2D eigenvalue weighted by Gasteiger charge is -2.16. The Labute approximate surface area is 104 Å². The number of nitrogens with two attached hydrogens (primary N) is 1. The smallest absolute Gasteiger partial charge is 0.157 e. The summed E-state index contributed by atoms with van der Waals surface area (Å²) in [5.41, 5.74) is 7.29. The zero-order valence-electron chi connectivity index (χ0n) is 9.42. The van der Waals surface area contributed by atoms with Crippen molar-refractivity contribution in [2.24, 2.45) is 0 Å². The molecule has 0 aliphatic rings. The molecule has 5 heteroatoms. The largest absolute Gasteiger partial charge is 0.382 e. The fourth-order valence-electron chi connectivity index (χ4n) is 1.59. The highest BCUT2D eigenvalue weighted by Gasteiger charge is 2.14. The minimum absolute atomic E-state index is 0.312. The highest BCUT2D eigenvalue weighted by Crippen LogP contribution is 2.29. The summed E-state index contributed by atoms with van der Waals surface area (Å²) in [6, 6.07) is 12.2. The van der Waals surface area contributed by atoms with Crippen LogP contribution in [-0.2, 0) is 6.54 Å². The van der Waals surface area contributed by atoms with Gasteiger partial charge in [-0.3, -0.25) is 0 Å². The number of hydrogen-bond acceptors (Lipinski definition) is 5. The quantitative estimate of drug-likeness (QED) is 0.899. The SMILES string of the molecule is CN(Cc1ccccc1)c1snc(N)c1C#N. The molecule has 0 aliphatic heterocycles. The van der Waals surface area contributed by atoms with E-state index in [0.717, 1.165) is 11.5 Å². The zero-order chi connectivity index (χ0) is 12.3. The van der Waals surface area contributed by atoms with E-state index in [2.05, 4.69) is 10.4 Å². The van der Waals surface area contributed by atoms with Crippen LogP contribution in [0.3, 0.4) is 0 Å². The lowest BCUT2D eigenvalue weighted by atomic mass is 10.2. The van der Waals surface area contributed by atoms with Gasteiger partial charge in [-0.05, 0) is 17.1 Å². The van der Waals surface area contributed by atoms with Gasteiger partial charge in [0.2, 0.25) is 0 Å². The van der Waals surface area contributed by atoms with Gasteiger partial charge in [-0.2, -0.15) is 9.64 Å². The summed E-state index contributed by atoms with van der Waals surface area (Å²) in [7, 11) is 1.93. The van der Waals surface area contributed by atoms with E-state index in [1.165, 1.54) is 17.1 Å². The molecule has 0 spiro atoms. The number of nitrogens with zero attached hydrogens (tertiary/aromatic N) is 3. The Balaban J connectivity index is 2.21. The summed E-state index contributed by atoms with van der Waals surface area (Å²) in [6.07, 6.45) is 0. The maximum absolute atomic E-state index is 9.01. The Morgan fingerprint density at radius 1 is 1.41 bits per heavy atom. The van der Waals surface area contributed by atoms with Gasteiger partial charge in [0.1, 0.15) is 16.6 Å². The molecule has 86 valence electrons. The van der Waals surface area contributed by atoms with E-state index in [1.807, 2.05) is 42.3 Å². The molecular weight excluding hydrogens is 232 g/mol. The van der Waals surface area contributed by atoms with Crippen molar-refractivity contribution in [1.29, 1.82) is 5.26 Å². The van der Waals surface area contributed by atoms with Crippen LogP contribution in [0.4, 0.5) is 10.8 Å². The first kappa shape index (κ1) is 11.4. The third kappa shape index (κ3) is 2.37. The molecule has 0 aliphatic carbocycles. The molecule has 1 heterocycles. The topological polar surface area (TPSA) is 65.9 Å². The maximum atomic E-state index is 9.01. The van der Waals surface area contributed by atoms with Gasteiger partial charge in [0.25, 0.3) is 0 Å². The minimum Gasteiger partial charge on any atom is -0.382 e. The molecule has 0 atom stereocenters. The van der Waals surface area contributed by atoms with Gasteiger partial charge in [-0.25, -0.2) is 0 Å². The van der Waals surface area contributed by atoms with Crippen LogP contribution in [0.15, 0.2) is 30.3 Å². The van der Waals surface area contributed by atoms with Crippen molar-refractivity contribution < 1.29 is 0 Å². The van der Waals surface area contributed by atoms with Crippen LogP contribution in [0.1, 0.15) is 11.1 Å². The first-order chi connectivity index (χ1) is 8.22.